The van der Waals surface area contributed by atoms with Crippen LogP contribution in [0.3, 0.4) is 0 Å². The molecule has 3 N–H and O–H groups in total. The Kier molecular flexibility index (Phi) is 7.89. The number of carbonyl (C=O) groups excluding carboxylic acids is 1. The lowest BCUT2D eigenvalue weighted by Gasteiger charge is -2.21. The summed E-state index contributed by atoms with van der Waals surface area (Å²) >= 11 is 0. The summed E-state index contributed by atoms with van der Waals surface area (Å²) in [4.78, 5) is 17.6. The van der Waals surface area contributed by atoms with E-state index in [1.807, 2.05) is 37.3 Å². The van der Waals surface area contributed by atoms with Crippen LogP contribution in [0.25, 0.3) is 11.5 Å². The molecule has 4 aromatic rings. The molecule has 0 unspecified atom stereocenters. The van der Waals surface area contributed by atoms with Crippen molar-refractivity contribution in [1.82, 2.24) is 10.3 Å². The third kappa shape index (κ3) is 6.71. The maximum atomic E-state index is 13.3. The van der Waals surface area contributed by atoms with Gasteiger partial charge in [-0.3, -0.25) is 9.10 Å². The summed E-state index contributed by atoms with van der Waals surface area (Å²) < 4.78 is 45.0. The summed E-state index contributed by atoms with van der Waals surface area (Å²) in [7, 11) is -2.23. The van der Waals surface area contributed by atoms with Gasteiger partial charge in [-0.2, -0.15) is 0 Å². The molecule has 0 fully saturated rings. The zero-order valence-electron chi connectivity index (χ0n) is 22.2. The van der Waals surface area contributed by atoms with E-state index in [1.54, 1.807) is 37.4 Å². The molecule has 204 valence electrons. The molecular weight excluding hydrogens is 519 g/mol. The molecule has 0 radical (unpaired) electrons. The Hall–Kier alpha value is -4.02. The molecule has 0 aliphatic rings. The van der Waals surface area contributed by atoms with Crippen LogP contribution in [0.4, 0.5) is 10.1 Å². The molecule has 3 aromatic carbocycles. The van der Waals surface area contributed by atoms with Crippen molar-refractivity contribution < 1.29 is 22.0 Å². The van der Waals surface area contributed by atoms with Gasteiger partial charge < -0.3 is 15.5 Å². The van der Waals surface area contributed by atoms with Gasteiger partial charge in [0.2, 0.25) is 15.9 Å². The fraction of sp³-hybridized carbons (Fsp3) is 0.241. The lowest BCUT2D eigenvalue weighted by atomic mass is 9.92. The van der Waals surface area contributed by atoms with Crippen LogP contribution in [0.5, 0.6) is 0 Å². The van der Waals surface area contributed by atoms with E-state index >= 15 is 0 Å². The third-order valence-corrected chi connectivity index (χ3v) is 7.69. The molecule has 0 spiro atoms. The van der Waals surface area contributed by atoms with Gasteiger partial charge in [0.25, 0.3) is 5.91 Å². The van der Waals surface area contributed by atoms with Crippen LogP contribution in [0.2, 0.25) is 0 Å². The predicted octanol–water partition coefficient (Wildman–Crippen LogP) is 4.78. The van der Waals surface area contributed by atoms with E-state index in [0.717, 1.165) is 16.1 Å². The maximum absolute atomic E-state index is 13.3. The fourth-order valence-electron chi connectivity index (χ4n) is 4.13. The number of oxazole rings is 1. The number of hydrogen-bond acceptors (Lipinski definition) is 6. The Morgan fingerprint density at radius 2 is 1.79 bits per heavy atom. The van der Waals surface area contributed by atoms with Gasteiger partial charge in [-0.25, -0.2) is 17.8 Å². The number of amides is 1. The highest BCUT2D eigenvalue weighted by atomic mass is 32.2. The molecule has 0 aliphatic carbocycles. The molecule has 39 heavy (non-hydrogen) atoms. The number of benzene rings is 3. The van der Waals surface area contributed by atoms with Crippen molar-refractivity contribution in [3.63, 3.8) is 0 Å². The topological polar surface area (TPSA) is 119 Å². The van der Waals surface area contributed by atoms with E-state index in [2.05, 4.69) is 10.3 Å². The maximum Gasteiger partial charge on any atom is 0.251 e. The number of rotatable bonds is 9. The summed E-state index contributed by atoms with van der Waals surface area (Å²) in [5.41, 5.74) is 8.34. The number of halogens is 1. The van der Waals surface area contributed by atoms with Crippen molar-refractivity contribution in [2.75, 3.05) is 17.6 Å². The Labute approximate surface area is 227 Å². The van der Waals surface area contributed by atoms with Crippen molar-refractivity contribution in [1.29, 1.82) is 0 Å². The average molecular weight is 551 g/mol. The number of aromatic nitrogens is 1. The summed E-state index contributed by atoms with van der Waals surface area (Å²) in [5, 5.41) is 2.87. The number of carbonyl (C=O) groups is 1. The molecule has 0 bridgehead atoms. The minimum Gasteiger partial charge on any atom is -0.439 e. The second-order valence-corrected chi connectivity index (χ2v) is 11.9. The molecule has 2 atom stereocenters. The van der Waals surface area contributed by atoms with Gasteiger partial charge in [0.1, 0.15) is 11.6 Å². The van der Waals surface area contributed by atoms with Crippen molar-refractivity contribution in [2.45, 2.75) is 31.8 Å². The zero-order chi connectivity index (χ0) is 28.4. The predicted molar refractivity (Wildman–Crippen MR) is 149 cm³/mol. The van der Waals surface area contributed by atoms with Crippen molar-refractivity contribution in [3.8, 4) is 11.5 Å². The number of nitrogens with one attached hydrogen (secondary N) is 1. The zero-order valence-corrected chi connectivity index (χ0v) is 23.0. The quantitative estimate of drug-likeness (QED) is 0.310. The SMILES string of the molecule is C[C@@H](NC(=O)c1cc(-c2ncc([C@](C)(N)Cc3ccccc3)o2)cc(N(C)S(C)(=O)=O)c1)c1ccc(F)cc1. The number of anilines is 1. The lowest BCUT2D eigenvalue weighted by Crippen LogP contribution is -2.35. The normalized spacial score (nSPS) is 13.9. The summed E-state index contributed by atoms with van der Waals surface area (Å²) in [5.74, 6) is -0.185. The summed E-state index contributed by atoms with van der Waals surface area (Å²) in [6, 6.07) is 19.8. The van der Waals surface area contributed by atoms with Crippen LogP contribution in [0, 0.1) is 5.82 Å². The second-order valence-electron chi connectivity index (χ2n) is 9.86. The molecule has 4 rings (SSSR count). The van der Waals surface area contributed by atoms with Gasteiger partial charge in [0.05, 0.1) is 29.7 Å². The van der Waals surface area contributed by atoms with Crippen molar-refractivity contribution in [3.05, 3.63) is 107 Å². The first-order chi connectivity index (χ1) is 18.3. The Morgan fingerprint density at radius 1 is 1.13 bits per heavy atom. The van der Waals surface area contributed by atoms with Crippen LogP contribution in [-0.2, 0) is 22.0 Å². The molecule has 1 heterocycles. The first-order valence-electron chi connectivity index (χ1n) is 12.3. The Balaban J connectivity index is 1.67. The molecule has 1 aromatic heterocycles. The van der Waals surface area contributed by atoms with Gasteiger partial charge in [-0.05, 0) is 61.7 Å². The van der Waals surface area contributed by atoms with E-state index < -0.39 is 27.5 Å². The van der Waals surface area contributed by atoms with Gasteiger partial charge in [-0.15, -0.1) is 0 Å². The van der Waals surface area contributed by atoms with Crippen LogP contribution < -0.4 is 15.4 Å². The van der Waals surface area contributed by atoms with E-state index in [0.29, 0.717) is 23.3 Å². The number of sulfonamides is 1. The van der Waals surface area contributed by atoms with Crippen LogP contribution in [0.1, 0.15) is 47.1 Å². The van der Waals surface area contributed by atoms with Crippen LogP contribution in [-0.4, -0.2) is 32.6 Å². The van der Waals surface area contributed by atoms with Gasteiger partial charge >= 0.3 is 0 Å². The molecule has 1 amide bonds. The monoisotopic (exact) mass is 550 g/mol. The van der Waals surface area contributed by atoms with Gasteiger partial charge in [-0.1, -0.05) is 42.5 Å². The highest BCUT2D eigenvalue weighted by Gasteiger charge is 2.27. The van der Waals surface area contributed by atoms with E-state index in [-0.39, 0.29) is 23.0 Å². The summed E-state index contributed by atoms with van der Waals surface area (Å²) in [6.07, 6.45) is 3.12. The number of hydrogen-bond donors (Lipinski definition) is 2. The lowest BCUT2D eigenvalue weighted by molar-refractivity contribution is 0.0940. The molecule has 0 saturated heterocycles. The second kappa shape index (κ2) is 11.0. The van der Waals surface area contributed by atoms with Gasteiger partial charge in [0, 0.05) is 18.2 Å². The van der Waals surface area contributed by atoms with Gasteiger partial charge in [0.15, 0.2) is 0 Å². The molecule has 0 saturated carbocycles. The van der Waals surface area contributed by atoms with Crippen molar-refractivity contribution >= 4 is 21.6 Å². The van der Waals surface area contributed by atoms with Crippen LogP contribution >= 0.6 is 0 Å². The molecule has 8 nitrogen and oxygen atoms in total. The summed E-state index contributed by atoms with van der Waals surface area (Å²) in [6.45, 7) is 3.61. The standard InChI is InChI=1S/C29H31FN4O4S/c1-19(21-10-12-24(30)13-11-21)33-27(35)22-14-23(16-25(15-22)34(3)39(4,36)37)28-32-18-26(38-28)29(2,31)17-20-8-6-5-7-9-20/h5-16,18-19H,17,31H2,1-4H3,(H,33,35)/t19-,29-/m1/s1. The van der Waals surface area contributed by atoms with Crippen molar-refractivity contribution in [2.24, 2.45) is 5.73 Å². The Morgan fingerprint density at radius 3 is 2.44 bits per heavy atom. The highest BCUT2D eigenvalue weighted by Crippen LogP contribution is 2.31. The highest BCUT2D eigenvalue weighted by molar-refractivity contribution is 7.92. The largest absolute Gasteiger partial charge is 0.439 e. The number of nitrogens with two attached hydrogens (primary N) is 1. The fourth-order valence-corrected chi connectivity index (χ4v) is 4.62. The number of nitrogens with zero attached hydrogens (tertiary/aromatic N) is 2. The van der Waals surface area contributed by atoms with E-state index in [9.17, 15) is 17.6 Å². The smallest absolute Gasteiger partial charge is 0.251 e. The first kappa shape index (κ1) is 28.0. The van der Waals surface area contributed by atoms with E-state index in [4.69, 9.17) is 10.2 Å². The van der Waals surface area contributed by atoms with E-state index in [1.165, 1.54) is 25.2 Å². The molecule has 10 heteroatoms. The minimum absolute atomic E-state index is 0.194. The minimum atomic E-state index is -3.62. The Bertz CT molecular complexity index is 1570. The first-order valence-corrected chi connectivity index (χ1v) is 14.1. The molecular formula is C29H31FN4O4S. The van der Waals surface area contributed by atoms with Crippen LogP contribution in [0.15, 0.2) is 83.4 Å². The molecule has 0 aliphatic heterocycles. The third-order valence-electron chi connectivity index (χ3n) is 6.49. The average Bonchev–Trinajstić information content (AvgIpc) is 3.40.